The van der Waals surface area contributed by atoms with Crippen LogP contribution in [0.25, 0.3) is 0 Å². The Morgan fingerprint density at radius 3 is 2.61 bits per heavy atom. The number of benzene rings is 1. The molecule has 0 saturated carbocycles. The lowest BCUT2D eigenvalue weighted by Gasteiger charge is -2.22. The van der Waals surface area contributed by atoms with E-state index in [9.17, 15) is 4.79 Å². The van der Waals surface area contributed by atoms with E-state index in [0.29, 0.717) is 0 Å². The van der Waals surface area contributed by atoms with Crippen LogP contribution in [0.5, 0.6) is 0 Å². The molecule has 1 aliphatic carbocycles. The van der Waals surface area contributed by atoms with E-state index in [1.165, 1.54) is 24.0 Å². The molecule has 0 spiro atoms. The SMILES string of the molecule is CNC(C(=O)O)C(N)c1ccc2c(c1)CCCC2. The minimum absolute atomic E-state index is 0.514. The summed E-state index contributed by atoms with van der Waals surface area (Å²) in [5.41, 5.74) is 9.65. The number of carboxylic acids is 1. The standard InChI is InChI=1S/C14H20N2O2/c1-16-13(14(17)18)12(15)11-7-6-9-4-2-3-5-10(9)8-11/h6-8,12-13,16H,2-5,15H2,1H3,(H,17,18). The average Bonchev–Trinajstić information content (AvgIpc) is 2.38. The van der Waals surface area contributed by atoms with Crippen molar-refractivity contribution >= 4 is 5.97 Å². The van der Waals surface area contributed by atoms with Gasteiger partial charge in [-0.05, 0) is 49.4 Å². The van der Waals surface area contributed by atoms with Gasteiger partial charge >= 0.3 is 5.97 Å². The fourth-order valence-corrected chi connectivity index (χ4v) is 2.61. The molecule has 0 fully saturated rings. The average molecular weight is 248 g/mol. The maximum atomic E-state index is 11.1. The first-order chi connectivity index (χ1) is 8.63. The molecule has 0 radical (unpaired) electrons. The molecule has 4 N–H and O–H groups in total. The van der Waals surface area contributed by atoms with Crippen LogP contribution in [0.2, 0.25) is 0 Å². The van der Waals surface area contributed by atoms with Crippen molar-refractivity contribution in [3.8, 4) is 0 Å². The van der Waals surface area contributed by atoms with Crippen molar-refractivity contribution in [1.29, 1.82) is 0 Å². The molecule has 4 heteroatoms. The molecule has 2 unspecified atom stereocenters. The fraction of sp³-hybridized carbons (Fsp3) is 0.500. The molecular formula is C14H20N2O2. The number of nitrogens with one attached hydrogen (secondary N) is 1. The summed E-state index contributed by atoms with van der Waals surface area (Å²) in [5.74, 6) is -0.914. The van der Waals surface area contributed by atoms with E-state index >= 15 is 0 Å². The molecular weight excluding hydrogens is 228 g/mol. The zero-order valence-electron chi connectivity index (χ0n) is 10.6. The van der Waals surface area contributed by atoms with Gasteiger partial charge in [0.25, 0.3) is 0 Å². The first-order valence-electron chi connectivity index (χ1n) is 6.41. The molecule has 1 aliphatic rings. The summed E-state index contributed by atoms with van der Waals surface area (Å²) in [4.78, 5) is 11.1. The number of aliphatic carboxylic acids is 1. The Balaban J connectivity index is 2.25. The van der Waals surface area contributed by atoms with Crippen molar-refractivity contribution in [3.05, 3.63) is 34.9 Å². The zero-order chi connectivity index (χ0) is 13.1. The number of aryl methyl sites for hydroxylation is 2. The van der Waals surface area contributed by atoms with Gasteiger partial charge in [-0.15, -0.1) is 0 Å². The Morgan fingerprint density at radius 1 is 1.33 bits per heavy atom. The number of nitrogens with two attached hydrogens (primary N) is 1. The summed E-state index contributed by atoms with van der Waals surface area (Å²) in [5, 5.41) is 11.9. The van der Waals surface area contributed by atoms with Crippen LogP contribution >= 0.6 is 0 Å². The smallest absolute Gasteiger partial charge is 0.322 e. The summed E-state index contributed by atoms with van der Waals surface area (Å²) in [6.07, 6.45) is 4.65. The Hall–Kier alpha value is -1.39. The Labute approximate surface area is 107 Å². The first-order valence-corrected chi connectivity index (χ1v) is 6.41. The van der Waals surface area contributed by atoms with Crippen molar-refractivity contribution in [2.75, 3.05) is 7.05 Å². The van der Waals surface area contributed by atoms with Crippen LogP contribution < -0.4 is 11.1 Å². The zero-order valence-corrected chi connectivity index (χ0v) is 10.6. The second kappa shape index (κ2) is 5.50. The molecule has 0 aliphatic heterocycles. The minimum Gasteiger partial charge on any atom is -0.480 e. The van der Waals surface area contributed by atoms with Crippen molar-refractivity contribution in [2.45, 2.75) is 37.8 Å². The largest absolute Gasteiger partial charge is 0.480 e. The number of fused-ring (bicyclic) bond motifs is 1. The highest BCUT2D eigenvalue weighted by Crippen LogP contribution is 2.25. The van der Waals surface area contributed by atoms with Crippen LogP contribution in [-0.2, 0) is 17.6 Å². The van der Waals surface area contributed by atoms with E-state index in [1.54, 1.807) is 7.05 Å². The van der Waals surface area contributed by atoms with E-state index in [4.69, 9.17) is 10.8 Å². The predicted octanol–water partition coefficient (Wildman–Crippen LogP) is 1.24. The molecule has 0 saturated heterocycles. The van der Waals surface area contributed by atoms with E-state index in [1.807, 2.05) is 6.07 Å². The first kappa shape index (κ1) is 13.1. The molecule has 0 heterocycles. The summed E-state index contributed by atoms with van der Waals surface area (Å²) in [6.45, 7) is 0. The second-order valence-corrected chi connectivity index (χ2v) is 4.87. The fourth-order valence-electron chi connectivity index (χ4n) is 2.61. The maximum absolute atomic E-state index is 11.1. The van der Waals surface area contributed by atoms with Gasteiger partial charge < -0.3 is 16.2 Å². The Morgan fingerprint density at radius 2 is 2.00 bits per heavy atom. The number of hydrogen-bond donors (Lipinski definition) is 3. The number of likely N-dealkylation sites (N-methyl/N-ethyl adjacent to an activating group) is 1. The van der Waals surface area contributed by atoms with Gasteiger partial charge in [0.1, 0.15) is 6.04 Å². The van der Waals surface area contributed by atoms with Gasteiger partial charge in [-0.2, -0.15) is 0 Å². The molecule has 98 valence electrons. The van der Waals surface area contributed by atoms with Gasteiger partial charge in [-0.3, -0.25) is 4.79 Å². The molecule has 2 atom stereocenters. The van der Waals surface area contributed by atoms with Gasteiger partial charge in [0.2, 0.25) is 0 Å². The van der Waals surface area contributed by atoms with Gasteiger partial charge in [0.15, 0.2) is 0 Å². The van der Waals surface area contributed by atoms with Crippen LogP contribution in [0.1, 0.15) is 35.6 Å². The number of rotatable bonds is 4. The highest BCUT2D eigenvalue weighted by atomic mass is 16.4. The van der Waals surface area contributed by atoms with Crippen LogP contribution in [0.15, 0.2) is 18.2 Å². The van der Waals surface area contributed by atoms with Crippen molar-refractivity contribution in [1.82, 2.24) is 5.32 Å². The van der Waals surface area contributed by atoms with Gasteiger partial charge in [0, 0.05) is 0 Å². The summed E-state index contributed by atoms with van der Waals surface area (Å²) >= 11 is 0. The van der Waals surface area contributed by atoms with Crippen molar-refractivity contribution < 1.29 is 9.90 Å². The number of hydrogen-bond acceptors (Lipinski definition) is 3. The summed E-state index contributed by atoms with van der Waals surface area (Å²) in [6, 6.07) is 4.87. The lowest BCUT2D eigenvalue weighted by Crippen LogP contribution is -2.43. The van der Waals surface area contributed by atoms with Crippen LogP contribution in [-0.4, -0.2) is 24.2 Å². The van der Waals surface area contributed by atoms with E-state index < -0.39 is 18.1 Å². The van der Waals surface area contributed by atoms with E-state index in [-0.39, 0.29) is 0 Å². The topological polar surface area (TPSA) is 75.3 Å². The van der Waals surface area contributed by atoms with Crippen molar-refractivity contribution in [2.24, 2.45) is 5.73 Å². The highest BCUT2D eigenvalue weighted by molar-refractivity contribution is 5.74. The monoisotopic (exact) mass is 248 g/mol. The van der Waals surface area contributed by atoms with Crippen molar-refractivity contribution in [3.63, 3.8) is 0 Å². The number of carboxylic acid groups (broad SMARTS) is 1. The summed E-state index contributed by atoms with van der Waals surface area (Å²) < 4.78 is 0. The molecule has 0 aromatic heterocycles. The third-order valence-electron chi connectivity index (χ3n) is 3.69. The third kappa shape index (κ3) is 2.54. The number of carbonyl (C=O) groups is 1. The van der Waals surface area contributed by atoms with Gasteiger partial charge in [0.05, 0.1) is 6.04 Å². The Bertz CT molecular complexity index is 445. The summed E-state index contributed by atoms with van der Waals surface area (Å²) in [7, 11) is 1.62. The lowest BCUT2D eigenvalue weighted by atomic mass is 9.88. The normalized spacial score (nSPS) is 17.9. The molecule has 4 nitrogen and oxygen atoms in total. The molecule has 18 heavy (non-hydrogen) atoms. The molecule has 2 rings (SSSR count). The predicted molar refractivity (Wildman–Crippen MR) is 70.5 cm³/mol. The van der Waals surface area contributed by atoms with E-state index in [2.05, 4.69) is 17.4 Å². The lowest BCUT2D eigenvalue weighted by molar-refractivity contribution is -0.139. The molecule has 0 amide bonds. The third-order valence-corrected chi connectivity index (χ3v) is 3.69. The quantitative estimate of drug-likeness (QED) is 0.749. The minimum atomic E-state index is -0.914. The van der Waals surface area contributed by atoms with Crippen LogP contribution in [0.4, 0.5) is 0 Å². The maximum Gasteiger partial charge on any atom is 0.322 e. The van der Waals surface area contributed by atoms with Gasteiger partial charge in [-0.1, -0.05) is 18.2 Å². The van der Waals surface area contributed by atoms with Crippen LogP contribution in [0, 0.1) is 0 Å². The molecule has 0 bridgehead atoms. The second-order valence-electron chi connectivity index (χ2n) is 4.87. The van der Waals surface area contributed by atoms with Crippen LogP contribution in [0.3, 0.4) is 0 Å². The Kier molecular flexibility index (Phi) is 3.99. The van der Waals surface area contributed by atoms with E-state index in [0.717, 1.165) is 18.4 Å². The highest BCUT2D eigenvalue weighted by Gasteiger charge is 2.25. The molecule has 1 aromatic carbocycles. The van der Waals surface area contributed by atoms with Gasteiger partial charge in [-0.25, -0.2) is 0 Å². The molecule has 1 aromatic rings.